The molecule has 2 saturated carbocycles. The molecular formula is C32H39ClN2O5S. The molecule has 41 heavy (non-hydrogen) atoms. The van der Waals surface area contributed by atoms with Crippen LogP contribution in [0.2, 0.25) is 5.02 Å². The highest BCUT2D eigenvalue weighted by Crippen LogP contribution is 2.49. The quantitative estimate of drug-likeness (QED) is 0.442. The summed E-state index contributed by atoms with van der Waals surface area (Å²) in [5.74, 6) is 2.40. The largest absolute Gasteiger partial charge is 0.495 e. The fourth-order valence-electron chi connectivity index (χ4n) is 8.33. The Balaban J connectivity index is 1.31. The highest BCUT2D eigenvalue weighted by molar-refractivity contribution is 7.90. The van der Waals surface area contributed by atoms with Crippen LogP contribution < -0.4 is 19.1 Å². The van der Waals surface area contributed by atoms with E-state index >= 15 is 0 Å². The monoisotopic (exact) mass is 598 g/mol. The first-order valence-electron chi connectivity index (χ1n) is 15.2. The molecule has 1 amide bonds. The molecular weight excluding hydrogens is 560 g/mol. The minimum Gasteiger partial charge on any atom is -0.495 e. The Kier molecular flexibility index (Phi) is 6.93. The lowest BCUT2D eigenvalue weighted by Gasteiger charge is -2.46. The van der Waals surface area contributed by atoms with E-state index in [0.717, 1.165) is 63.1 Å². The van der Waals surface area contributed by atoms with Gasteiger partial charge >= 0.3 is 0 Å². The van der Waals surface area contributed by atoms with Crippen LogP contribution in [0.4, 0.5) is 5.69 Å². The van der Waals surface area contributed by atoms with Crippen LogP contribution in [-0.2, 0) is 21.9 Å². The molecule has 2 aliphatic heterocycles. The van der Waals surface area contributed by atoms with Crippen molar-refractivity contribution >= 4 is 33.2 Å². The van der Waals surface area contributed by atoms with Gasteiger partial charge in [-0.1, -0.05) is 24.4 Å². The Bertz CT molecular complexity index is 1480. The van der Waals surface area contributed by atoms with Crippen LogP contribution in [-0.4, -0.2) is 46.4 Å². The molecule has 2 fully saturated rings. The number of nitrogens with zero attached hydrogens (tertiary/aromatic N) is 1. The van der Waals surface area contributed by atoms with Gasteiger partial charge in [0.1, 0.15) is 11.5 Å². The average molecular weight is 599 g/mol. The molecule has 0 radical (unpaired) electrons. The molecule has 2 aromatic carbocycles. The van der Waals surface area contributed by atoms with Crippen LogP contribution in [0.15, 0.2) is 30.3 Å². The second kappa shape index (κ2) is 10.4. The third-order valence-corrected chi connectivity index (χ3v) is 12.8. The lowest BCUT2D eigenvalue weighted by Crippen LogP contribution is -2.48. The van der Waals surface area contributed by atoms with E-state index in [4.69, 9.17) is 21.1 Å². The third-order valence-electron chi connectivity index (χ3n) is 10.7. The number of amides is 1. The van der Waals surface area contributed by atoms with Crippen LogP contribution in [0, 0.1) is 17.8 Å². The fraction of sp³-hybridized carbons (Fsp3) is 0.594. The Hall–Kier alpha value is -2.45. The van der Waals surface area contributed by atoms with Crippen molar-refractivity contribution in [2.45, 2.75) is 74.9 Å². The van der Waals surface area contributed by atoms with Crippen molar-refractivity contribution in [3.63, 3.8) is 0 Å². The summed E-state index contributed by atoms with van der Waals surface area (Å²) in [6, 6.07) is 9.54. The van der Waals surface area contributed by atoms with Gasteiger partial charge in [-0.05, 0) is 111 Å². The lowest BCUT2D eigenvalue weighted by atomic mass is 9.67. The van der Waals surface area contributed by atoms with Crippen molar-refractivity contribution in [1.29, 1.82) is 0 Å². The molecule has 7 rings (SSSR count). The van der Waals surface area contributed by atoms with Gasteiger partial charge < -0.3 is 14.4 Å². The van der Waals surface area contributed by atoms with E-state index in [2.05, 4.69) is 21.8 Å². The van der Waals surface area contributed by atoms with Crippen molar-refractivity contribution in [3.8, 4) is 11.5 Å². The zero-order valence-corrected chi connectivity index (χ0v) is 25.2. The normalized spacial score (nSPS) is 32.2. The molecule has 0 aromatic heterocycles. The van der Waals surface area contributed by atoms with Crippen LogP contribution in [0.5, 0.6) is 11.5 Å². The molecule has 0 unspecified atom stereocenters. The van der Waals surface area contributed by atoms with Gasteiger partial charge in [0.2, 0.25) is 10.0 Å². The number of aryl methyl sites for hydroxylation is 1. The van der Waals surface area contributed by atoms with Gasteiger partial charge in [0, 0.05) is 24.1 Å². The first-order chi connectivity index (χ1) is 19.7. The number of nitrogens with one attached hydrogen (secondary N) is 1. The van der Waals surface area contributed by atoms with Crippen LogP contribution >= 0.6 is 11.6 Å². The standard InChI is InChI=1S/C32H39ClN2O5S/c1-39-30-16-26-22(14-27(30)33)5-3-11-32(26)18-35-17-24-8-7-21(24)12-20-4-2-6-25(13-20)41(37,38)34-31(36)23-9-10-29(40-19-32)28(35)15-23/h9-10,14-16,20-21,24-25H,2-8,11-13,17-19H2,1H3,(H,34,36)/t20-,21-,24+,25+,32+/m1/s1. The maximum absolute atomic E-state index is 13.3. The van der Waals surface area contributed by atoms with Gasteiger partial charge in [-0.2, -0.15) is 0 Å². The van der Waals surface area contributed by atoms with E-state index in [1.807, 2.05) is 12.1 Å². The Morgan fingerprint density at radius 2 is 1.93 bits per heavy atom. The average Bonchev–Trinajstić information content (AvgIpc) is 3.10. The Morgan fingerprint density at radius 3 is 2.73 bits per heavy atom. The number of benzene rings is 2. The maximum Gasteiger partial charge on any atom is 0.264 e. The number of ether oxygens (including phenoxy) is 2. The molecule has 5 aliphatic rings. The first kappa shape index (κ1) is 27.4. The highest BCUT2D eigenvalue weighted by atomic mass is 35.5. The van der Waals surface area contributed by atoms with Crippen LogP contribution in [0.1, 0.15) is 79.3 Å². The Morgan fingerprint density at radius 1 is 1.07 bits per heavy atom. The lowest BCUT2D eigenvalue weighted by molar-refractivity contribution is 0.0979. The molecule has 1 N–H and O–H groups in total. The second-order valence-corrected chi connectivity index (χ2v) is 15.5. The summed E-state index contributed by atoms with van der Waals surface area (Å²) < 4.78 is 41.3. The number of anilines is 1. The zero-order chi connectivity index (χ0) is 28.4. The number of halogens is 1. The second-order valence-electron chi connectivity index (χ2n) is 13.1. The summed E-state index contributed by atoms with van der Waals surface area (Å²) in [5, 5.41) is 0.135. The van der Waals surface area contributed by atoms with Crippen molar-refractivity contribution in [2.24, 2.45) is 17.8 Å². The van der Waals surface area contributed by atoms with Crippen molar-refractivity contribution in [2.75, 3.05) is 31.7 Å². The van der Waals surface area contributed by atoms with Gasteiger partial charge in [0.15, 0.2) is 0 Å². The van der Waals surface area contributed by atoms with E-state index in [0.29, 0.717) is 53.5 Å². The summed E-state index contributed by atoms with van der Waals surface area (Å²) in [7, 11) is -2.10. The minimum atomic E-state index is -3.75. The van der Waals surface area contributed by atoms with E-state index in [1.54, 1.807) is 13.2 Å². The van der Waals surface area contributed by atoms with Crippen LogP contribution in [0.25, 0.3) is 0 Å². The molecule has 9 heteroatoms. The molecule has 5 atom stereocenters. The van der Waals surface area contributed by atoms with Crippen molar-refractivity contribution in [3.05, 3.63) is 52.0 Å². The highest BCUT2D eigenvalue weighted by Gasteiger charge is 2.45. The summed E-state index contributed by atoms with van der Waals surface area (Å²) >= 11 is 6.55. The fourth-order valence-corrected chi connectivity index (χ4v) is 10.1. The number of hydrogen-bond acceptors (Lipinski definition) is 6. The molecule has 2 aromatic rings. The smallest absolute Gasteiger partial charge is 0.264 e. The predicted molar refractivity (Wildman–Crippen MR) is 160 cm³/mol. The summed E-state index contributed by atoms with van der Waals surface area (Å²) in [6.45, 7) is 2.18. The van der Waals surface area contributed by atoms with Crippen molar-refractivity contribution in [1.82, 2.24) is 4.72 Å². The van der Waals surface area contributed by atoms with E-state index in [9.17, 15) is 13.2 Å². The number of methoxy groups -OCH3 is 1. The number of carbonyl (C=O) groups is 1. The molecule has 220 valence electrons. The SMILES string of the molecule is COc1cc2c(cc1Cl)CCC[C@]21COc2ccc3cc2N(C[C@@H]2CC[C@@H]2C[C@H]2CCC[C@@H](C2)S(=O)(=O)NC3=O)C1. The molecule has 7 nitrogen and oxygen atoms in total. The third kappa shape index (κ3) is 4.89. The molecule has 1 spiro atoms. The number of fused-ring (bicyclic) bond motifs is 6. The summed E-state index contributed by atoms with van der Waals surface area (Å²) in [4.78, 5) is 15.8. The van der Waals surface area contributed by atoms with Gasteiger partial charge in [0.25, 0.3) is 5.91 Å². The number of carbonyl (C=O) groups excluding carboxylic acids is 1. The van der Waals surface area contributed by atoms with E-state index < -0.39 is 21.2 Å². The van der Waals surface area contributed by atoms with E-state index in [1.165, 1.54) is 24.0 Å². The van der Waals surface area contributed by atoms with Gasteiger partial charge in [-0.3, -0.25) is 4.79 Å². The first-order valence-corrected chi connectivity index (χ1v) is 17.1. The number of hydrogen-bond donors (Lipinski definition) is 1. The topological polar surface area (TPSA) is 84.9 Å². The number of sulfonamides is 1. The Labute approximate surface area is 248 Å². The van der Waals surface area contributed by atoms with Crippen molar-refractivity contribution < 1.29 is 22.7 Å². The molecule has 2 heterocycles. The zero-order valence-electron chi connectivity index (χ0n) is 23.7. The molecule has 4 bridgehead atoms. The summed E-state index contributed by atoms with van der Waals surface area (Å²) in [6.07, 6.45) is 9.71. The molecule has 0 saturated heterocycles. The minimum absolute atomic E-state index is 0.252. The predicted octanol–water partition coefficient (Wildman–Crippen LogP) is 5.87. The van der Waals surface area contributed by atoms with Crippen LogP contribution in [0.3, 0.4) is 0 Å². The van der Waals surface area contributed by atoms with Gasteiger partial charge in [0.05, 0.1) is 29.7 Å². The van der Waals surface area contributed by atoms with E-state index in [-0.39, 0.29) is 5.41 Å². The van der Waals surface area contributed by atoms with Gasteiger partial charge in [-0.25, -0.2) is 13.1 Å². The summed E-state index contributed by atoms with van der Waals surface area (Å²) in [5.41, 5.74) is 3.46. The maximum atomic E-state index is 13.3. The molecule has 3 aliphatic carbocycles. The van der Waals surface area contributed by atoms with Gasteiger partial charge in [-0.15, -0.1) is 0 Å². The number of rotatable bonds is 1.